The Balaban J connectivity index is 1.02. The lowest BCUT2D eigenvalue weighted by Gasteiger charge is -2.60. The van der Waals surface area contributed by atoms with Crippen LogP contribution in [0.4, 0.5) is 0 Å². The van der Waals surface area contributed by atoms with Crippen LogP contribution in [0.3, 0.4) is 0 Å². The van der Waals surface area contributed by atoms with Crippen LogP contribution in [0.1, 0.15) is 144 Å². The van der Waals surface area contributed by atoms with Crippen LogP contribution in [0.25, 0.3) is 0 Å². The molecule has 10 atom stereocenters. The van der Waals surface area contributed by atoms with Crippen molar-refractivity contribution in [2.45, 2.75) is 144 Å². The van der Waals surface area contributed by atoms with Crippen molar-refractivity contribution in [3.63, 3.8) is 0 Å². The standard InChI is InChI=1S/C44H66O4/c1-9-39(3)23-11-15-33-31(39)17-19-35-41(5,25-13-27-43(33,35)7)29-47-37(45)21-22-38(46)48-30-42(6)26-14-28-44(8)34-16-12-24-40(4,10-2)32(34)18-20-36(42)44/h9-10,15-16,31-32,35-36H,1-2,11-14,17-30H2,3-8H3/t31-,32-,35?,36?,39+,40+,41+,42+,43+,44+/m1/s1. The highest BCUT2D eigenvalue weighted by molar-refractivity contribution is 5.77. The first-order valence-electron chi connectivity index (χ1n) is 19.7. The summed E-state index contributed by atoms with van der Waals surface area (Å²) in [5.41, 5.74) is 3.88. The van der Waals surface area contributed by atoms with Crippen molar-refractivity contribution in [2.75, 3.05) is 13.2 Å². The van der Waals surface area contributed by atoms with E-state index in [0.717, 1.165) is 38.5 Å². The van der Waals surface area contributed by atoms with Gasteiger partial charge in [-0.1, -0.05) is 89.8 Å². The predicted molar refractivity (Wildman–Crippen MR) is 195 cm³/mol. The van der Waals surface area contributed by atoms with Gasteiger partial charge in [0.1, 0.15) is 0 Å². The average molecular weight is 659 g/mol. The molecular formula is C44H66O4. The van der Waals surface area contributed by atoms with E-state index in [1.54, 1.807) is 11.1 Å². The van der Waals surface area contributed by atoms with Crippen molar-refractivity contribution in [1.29, 1.82) is 0 Å². The van der Waals surface area contributed by atoms with E-state index in [9.17, 15) is 9.59 Å². The number of ether oxygens (including phenoxy) is 2. The zero-order valence-corrected chi connectivity index (χ0v) is 31.4. The Morgan fingerprint density at radius 1 is 0.646 bits per heavy atom. The largest absolute Gasteiger partial charge is 0.465 e. The maximum absolute atomic E-state index is 13.1. The minimum Gasteiger partial charge on any atom is -0.465 e. The lowest BCUT2D eigenvalue weighted by Crippen LogP contribution is -2.53. The Morgan fingerprint density at radius 2 is 1.04 bits per heavy atom. The van der Waals surface area contributed by atoms with Crippen LogP contribution in [-0.2, 0) is 19.1 Å². The van der Waals surface area contributed by atoms with Gasteiger partial charge in [-0.15, -0.1) is 13.2 Å². The van der Waals surface area contributed by atoms with Gasteiger partial charge in [0.2, 0.25) is 0 Å². The third-order valence-corrected chi connectivity index (χ3v) is 15.9. The van der Waals surface area contributed by atoms with Gasteiger partial charge in [-0.05, 0) is 122 Å². The summed E-state index contributed by atoms with van der Waals surface area (Å²) in [5.74, 6) is 1.62. The molecule has 4 saturated carbocycles. The van der Waals surface area contributed by atoms with Gasteiger partial charge in [0.05, 0.1) is 26.1 Å². The summed E-state index contributed by atoms with van der Waals surface area (Å²) < 4.78 is 12.0. The van der Waals surface area contributed by atoms with Crippen molar-refractivity contribution in [2.24, 2.45) is 56.2 Å². The molecule has 4 heteroatoms. The topological polar surface area (TPSA) is 52.6 Å². The maximum Gasteiger partial charge on any atom is 0.306 e. The minimum absolute atomic E-state index is 0.0465. The lowest BCUT2D eigenvalue weighted by atomic mass is 9.44. The molecule has 4 nitrogen and oxygen atoms in total. The SMILES string of the molecule is C=C[C@@]1(C)CCC=C2[C@H]1CCC1[C@](C)(COC(=O)CCC(=O)OC[C@]3(C)CCC[C@@]4(C)C5=CCC[C@](C)(C=C)[C@@H]5CCC34)CCC[C@@]21C. The second kappa shape index (κ2) is 12.9. The minimum atomic E-state index is -0.269. The van der Waals surface area contributed by atoms with Gasteiger partial charge in [0.15, 0.2) is 0 Å². The van der Waals surface area contributed by atoms with Crippen molar-refractivity contribution in [3.05, 3.63) is 48.6 Å². The predicted octanol–water partition coefficient (Wildman–Crippen LogP) is 11.1. The summed E-state index contributed by atoms with van der Waals surface area (Å²) >= 11 is 0. The van der Waals surface area contributed by atoms with Crippen molar-refractivity contribution in [1.82, 2.24) is 0 Å². The smallest absolute Gasteiger partial charge is 0.306 e. The second-order valence-corrected chi connectivity index (χ2v) is 18.9. The van der Waals surface area contributed by atoms with Crippen LogP contribution < -0.4 is 0 Å². The number of esters is 2. The fraction of sp³-hybridized carbons (Fsp3) is 0.773. The van der Waals surface area contributed by atoms with Gasteiger partial charge < -0.3 is 9.47 Å². The summed E-state index contributed by atoms with van der Waals surface area (Å²) in [6, 6.07) is 0. The fourth-order valence-electron chi connectivity index (χ4n) is 13.0. The Kier molecular flexibility index (Phi) is 9.60. The van der Waals surface area contributed by atoms with E-state index in [4.69, 9.17) is 9.47 Å². The molecule has 0 bridgehead atoms. The van der Waals surface area contributed by atoms with Crippen molar-refractivity contribution in [3.8, 4) is 0 Å². The van der Waals surface area contributed by atoms with Gasteiger partial charge in [-0.3, -0.25) is 9.59 Å². The molecule has 6 rings (SSSR count). The molecule has 0 spiro atoms. The maximum atomic E-state index is 13.1. The van der Waals surface area contributed by atoms with Crippen LogP contribution in [0, 0.1) is 56.2 Å². The fourth-order valence-corrected chi connectivity index (χ4v) is 13.0. The number of allylic oxidation sites excluding steroid dienone is 6. The molecule has 6 aliphatic rings. The van der Waals surface area contributed by atoms with Crippen molar-refractivity contribution < 1.29 is 19.1 Å². The van der Waals surface area contributed by atoms with Crippen LogP contribution in [0.5, 0.6) is 0 Å². The molecule has 0 aromatic heterocycles. The Morgan fingerprint density at radius 3 is 1.42 bits per heavy atom. The summed E-state index contributed by atoms with van der Waals surface area (Å²) in [5, 5.41) is 0. The highest BCUT2D eigenvalue weighted by Gasteiger charge is 2.58. The lowest BCUT2D eigenvalue weighted by molar-refractivity contribution is -0.159. The summed E-state index contributed by atoms with van der Waals surface area (Å²) in [6.45, 7) is 23.8. The molecule has 48 heavy (non-hydrogen) atoms. The molecule has 0 aromatic rings. The Hall–Kier alpha value is -2.10. The molecule has 0 saturated heterocycles. The molecule has 6 aliphatic carbocycles. The van der Waals surface area contributed by atoms with E-state index in [2.05, 4.69) is 79.0 Å². The normalized spacial score (nSPS) is 45.1. The monoisotopic (exact) mass is 658 g/mol. The zero-order valence-electron chi connectivity index (χ0n) is 31.4. The van der Waals surface area contributed by atoms with Gasteiger partial charge in [-0.2, -0.15) is 0 Å². The van der Waals surface area contributed by atoms with E-state index in [0.29, 0.717) is 36.9 Å². The first-order valence-corrected chi connectivity index (χ1v) is 19.7. The first kappa shape index (κ1) is 35.7. The molecule has 0 heterocycles. The second-order valence-electron chi connectivity index (χ2n) is 18.9. The Bertz CT molecular complexity index is 1260. The van der Waals surface area contributed by atoms with Crippen LogP contribution in [-0.4, -0.2) is 25.2 Å². The third kappa shape index (κ3) is 5.91. The number of hydrogen-bond donors (Lipinski definition) is 0. The molecule has 2 unspecified atom stereocenters. The number of carbonyl (C=O) groups excluding carboxylic acids is 2. The number of carbonyl (C=O) groups is 2. The molecular weight excluding hydrogens is 592 g/mol. The van der Waals surface area contributed by atoms with Crippen LogP contribution in [0.15, 0.2) is 48.6 Å². The quantitative estimate of drug-likeness (QED) is 0.183. The summed E-state index contributed by atoms with van der Waals surface area (Å²) in [6.07, 6.45) is 26.0. The molecule has 0 radical (unpaired) electrons. The number of hydrogen-bond acceptors (Lipinski definition) is 4. The van der Waals surface area contributed by atoms with Gasteiger partial charge in [0, 0.05) is 10.8 Å². The third-order valence-electron chi connectivity index (χ3n) is 15.9. The van der Waals surface area contributed by atoms with E-state index in [1.165, 1.54) is 51.4 Å². The highest BCUT2D eigenvalue weighted by atomic mass is 16.5. The summed E-state index contributed by atoms with van der Waals surface area (Å²) in [7, 11) is 0. The number of fused-ring (bicyclic) bond motifs is 6. The van der Waals surface area contributed by atoms with Gasteiger partial charge >= 0.3 is 11.9 Å². The van der Waals surface area contributed by atoms with E-state index < -0.39 is 0 Å². The Labute approximate surface area is 292 Å². The molecule has 0 aliphatic heterocycles. The summed E-state index contributed by atoms with van der Waals surface area (Å²) in [4.78, 5) is 26.1. The molecule has 0 aromatic carbocycles. The van der Waals surface area contributed by atoms with Crippen molar-refractivity contribution >= 4 is 11.9 Å². The van der Waals surface area contributed by atoms with Gasteiger partial charge in [0.25, 0.3) is 0 Å². The van der Waals surface area contributed by atoms with Gasteiger partial charge in [-0.25, -0.2) is 0 Å². The highest BCUT2D eigenvalue weighted by Crippen LogP contribution is 2.66. The molecule has 0 N–H and O–H groups in total. The van der Waals surface area contributed by atoms with Crippen LogP contribution >= 0.6 is 0 Å². The molecule has 4 fully saturated rings. The molecule has 266 valence electrons. The van der Waals surface area contributed by atoms with Crippen LogP contribution in [0.2, 0.25) is 0 Å². The van der Waals surface area contributed by atoms with E-state index in [-0.39, 0.29) is 57.3 Å². The number of rotatable bonds is 9. The molecule has 0 amide bonds. The zero-order chi connectivity index (χ0) is 34.6. The van der Waals surface area contributed by atoms with E-state index in [1.807, 2.05) is 0 Å². The first-order chi connectivity index (χ1) is 22.7. The van der Waals surface area contributed by atoms with E-state index >= 15 is 0 Å². The average Bonchev–Trinajstić information content (AvgIpc) is 3.06.